The van der Waals surface area contributed by atoms with Gasteiger partial charge in [-0.2, -0.15) is 5.10 Å². The zero-order valence-electron chi connectivity index (χ0n) is 17.8. The summed E-state index contributed by atoms with van der Waals surface area (Å²) in [5.41, 5.74) is 3.50. The monoisotopic (exact) mass is 377 g/mol. The number of hydrogen-bond donors (Lipinski definition) is 0. The van der Waals surface area contributed by atoms with Crippen LogP contribution in [0.15, 0.2) is 42.9 Å². The Labute approximate surface area is 167 Å². The van der Waals surface area contributed by atoms with Gasteiger partial charge in [0.15, 0.2) is 0 Å². The summed E-state index contributed by atoms with van der Waals surface area (Å²) in [5, 5.41) is 5.62. The first-order chi connectivity index (χ1) is 13.0. The summed E-state index contributed by atoms with van der Waals surface area (Å²) in [6.07, 6.45) is 5.53. The lowest BCUT2D eigenvalue weighted by Crippen LogP contribution is -2.41. The molecule has 0 bridgehead atoms. The zero-order chi connectivity index (χ0) is 20.3. The molecule has 3 aromatic rings. The summed E-state index contributed by atoms with van der Waals surface area (Å²) in [4.78, 5) is 4.45. The maximum Gasteiger partial charge on any atom is 0.497 e. The van der Waals surface area contributed by atoms with Gasteiger partial charge < -0.3 is 9.31 Å². The summed E-state index contributed by atoms with van der Waals surface area (Å²) in [6.45, 7) is 14.9. The summed E-state index contributed by atoms with van der Waals surface area (Å²) < 4.78 is 14.4. The minimum Gasteiger partial charge on any atom is -0.399 e. The highest BCUT2D eigenvalue weighted by atomic mass is 16.7. The van der Waals surface area contributed by atoms with Crippen LogP contribution in [0.4, 0.5) is 0 Å². The van der Waals surface area contributed by atoms with Gasteiger partial charge in [-0.05, 0) is 50.8 Å². The van der Waals surface area contributed by atoms with Crippen LogP contribution in [0.2, 0.25) is 0 Å². The third-order valence-electron chi connectivity index (χ3n) is 6.01. The maximum absolute atomic E-state index is 6.23. The number of pyridine rings is 1. The van der Waals surface area contributed by atoms with E-state index in [0.717, 1.165) is 22.1 Å². The van der Waals surface area contributed by atoms with Gasteiger partial charge in [0.1, 0.15) is 0 Å². The van der Waals surface area contributed by atoms with Crippen molar-refractivity contribution in [1.29, 1.82) is 0 Å². The molecule has 1 saturated heterocycles. The molecule has 1 aromatic carbocycles. The number of nitrogens with zero attached hydrogens (tertiary/aromatic N) is 3. The van der Waals surface area contributed by atoms with Crippen LogP contribution in [0.25, 0.3) is 16.6 Å². The third kappa shape index (κ3) is 3.05. The maximum atomic E-state index is 6.23. The molecule has 6 heteroatoms. The molecule has 3 heterocycles. The van der Waals surface area contributed by atoms with Gasteiger partial charge in [0.25, 0.3) is 0 Å². The zero-order valence-corrected chi connectivity index (χ0v) is 17.8. The quantitative estimate of drug-likeness (QED) is 0.633. The Morgan fingerprint density at radius 1 is 0.893 bits per heavy atom. The van der Waals surface area contributed by atoms with E-state index in [9.17, 15) is 0 Å². The van der Waals surface area contributed by atoms with Gasteiger partial charge in [-0.25, -0.2) is 4.68 Å². The molecule has 4 rings (SSSR count). The van der Waals surface area contributed by atoms with Crippen molar-refractivity contribution < 1.29 is 9.31 Å². The van der Waals surface area contributed by atoms with Crippen LogP contribution < -0.4 is 5.46 Å². The van der Waals surface area contributed by atoms with E-state index in [-0.39, 0.29) is 5.41 Å². The number of aromatic nitrogens is 3. The Morgan fingerprint density at radius 2 is 1.50 bits per heavy atom. The van der Waals surface area contributed by atoms with E-state index in [1.54, 1.807) is 0 Å². The fraction of sp³-hybridized carbons (Fsp3) is 0.455. The predicted molar refractivity (Wildman–Crippen MR) is 113 cm³/mol. The SMILES string of the molecule is CC(C)(C)c1ccc(-n2ncc3c(B4OC(C)(C)C(C)(C)O4)cncc32)cc1. The second-order valence-electron chi connectivity index (χ2n) is 9.60. The van der Waals surface area contributed by atoms with Crippen LogP contribution in [0, 0.1) is 0 Å². The Hall–Kier alpha value is -2.18. The highest BCUT2D eigenvalue weighted by molar-refractivity contribution is 6.65. The summed E-state index contributed by atoms with van der Waals surface area (Å²) >= 11 is 0. The fourth-order valence-corrected chi connectivity index (χ4v) is 3.43. The van der Waals surface area contributed by atoms with E-state index in [1.165, 1.54) is 5.56 Å². The predicted octanol–water partition coefficient (Wildman–Crippen LogP) is 4.02. The fourth-order valence-electron chi connectivity index (χ4n) is 3.43. The molecule has 146 valence electrons. The summed E-state index contributed by atoms with van der Waals surface area (Å²) in [7, 11) is -0.456. The van der Waals surface area contributed by atoms with Crippen molar-refractivity contribution in [2.45, 2.75) is 65.1 Å². The Kier molecular flexibility index (Phi) is 4.21. The molecule has 2 aromatic heterocycles. The Morgan fingerprint density at radius 3 is 2.07 bits per heavy atom. The third-order valence-corrected chi connectivity index (χ3v) is 6.01. The average Bonchev–Trinajstić information content (AvgIpc) is 3.12. The van der Waals surface area contributed by atoms with Crippen molar-refractivity contribution in [3.63, 3.8) is 0 Å². The second-order valence-corrected chi connectivity index (χ2v) is 9.60. The van der Waals surface area contributed by atoms with E-state index in [1.807, 2.05) is 23.3 Å². The number of fused-ring (bicyclic) bond motifs is 1. The van der Waals surface area contributed by atoms with Crippen molar-refractivity contribution >= 4 is 23.5 Å². The Bertz CT molecular complexity index is 1000. The molecule has 5 nitrogen and oxygen atoms in total. The highest BCUT2D eigenvalue weighted by Gasteiger charge is 2.52. The first kappa shape index (κ1) is 19.2. The molecule has 1 fully saturated rings. The van der Waals surface area contributed by atoms with Gasteiger partial charge in [-0.3, -0.25) is 4.98 Å². The molecule has 0 unspecified atom stereocenters. The average molecular weight is 377 g/mol. The van der Waals surface area contributed by atoms with Crippen molar-refractivity contribution in [3.8, 4) is 5.69 Å². The highest BCUT2D eigenvalue weighted by Crippen LogP contribution is 2.37. The van der Waals surface area contributed by atoms with Crippen LogP contribution in [0.1, 0.15) is 54.0 Å². The first-order valence-corrected chi connectivity index (χ1v) is 9.78. The molecule has 28 heavy (non-hydrogen) atoms. The van der Waals surface area contributed by atoms with Crippen LogP contribution in [-0.2, 0) is 14.7 Å². The van der Waals surface area contributed by atoms with Gasteiger partial charge in [0, 0.05) is 17.0 Å². The minimum atomic E-state index is -0.456. The molecule has 0 N–H and O–H groups in total. The standard InChI is InChI=1S/C22H28BN3O2/c1-20(2,3)15-8-10-16(11-9-15)26-19-14-24-13-18(17(19)12-25-26)23-27-21(4,5)22(6,7)28-23/h8-14H,1-7H3. The molecule has 0 amide bonds. The molecular weight excluding hydrogens is 349 g/mol. The molecule has 0 aliphatic carbocycles. The molecule has 0 saturated carbocycles. The summed E-state index contributed by atoms with van der Waals surface area (Å²) in [5.74, 6) is 0. The Balaban J connectivity index is 1.74. The van der Waals surface area contributed by atoms with E-state index in [2.05, 4.69) is 82.8 Å². The normalized spacial score (nSPS) is 18.8. The van der Waals surface area contributed by atoms with Gasteiger partial charge >= 0.3 is 7.12 Å². The van der Waals surface area contributed by atoms with Crippen LogP contribution in [0.5, 0.6) is 0 Å². The minimum absolute atomic E-state index is 0.121. The largest absolute Gasteiger partial charge is 0.497 e. The lowest BCUT2D eigenvalue weighted by molar-refractivity contribution is 0.00578. The molecule has 0 atom stereocenters. The number of rotatable bonds is 2. The number of benzene rings is 1. The van der Waals surface area contributed by atoms with E-state index in [0.29, 0.717) is 0 Å². The van der Waals surface area contributed by atoms with Crippen molar-refractivity contribution in [1.82, 2.24) is 14.8 Å². The topological polar surface area (TPSA) is 49.2 Å². The summed E-state index contributed by atoms with van der Waals surface area (Å²) in [6, 6.07) is 8.53. The lowest BCUT2D eigenvalue weighted by Gasteiger charge is -2.32. The molecular formula is C22H28BN3O2. The second kappa shape index (κ2) is 6.16. The van der Waals surface area contributed by atoms with E-state index in [4.69, 9.17) is 9.31 Å². The van der Waals surface area contributed by atoms with E-state index >= 15 is 0 Å². The van der Waals surface area contributed by atoms with Gasteiger partial charge in [0.2, 0.25) is 0 Å². The van der Waals surface area contributed by atoms with Crippen LogP contribution in [0.3, 0.4) is 0 Å². The molecule has 1 aliphatic heterocycles. The number of hydrogen-bond acceptors (Lipinski definition) is 4. The first-order valence-electron chi connectivity index (χ1n) is 9.78. The van der Waals surface area contributed by atoms with Gasteiger partial charge in [-0.15, -0.1) is 0 Å². The van der Waals surface area contributed by atoms with Gasteiger partial charge in [-0.1, -0.05) is 32.9 Å². The van der Waals surface area contributed by atoms with Crippen LogP contribution in [-0.4, -0.2) is 33.1 Å². The van der Waals surface area contributed by atoms with Crippen LogP contribution >= 0.6 is 0 Å². The smallest absolute Gasteiger partial charge is 0.399 e. The van der Waals surface area contributed by atoms with Crippen molar-refractivity contribution in [3.05, 3.63) is 48.4 Å². The van der Waals surface area contributed by atoms with E-state index < -0.39 is 18.3 Å². The molecule has 0 spiro atoms. The van der Waals surface area contributed by atoms with Crippen molar-refractivity contribution in [2.24, 2.45) is 0 Å². The molecule has 0 radical (unpaired) electrons. The van der Waals surface area contributed by atoms with Crippen molar-refractivity contribution in [2.75, 3.05) is 0 Å². The van der Waals surface area contributed by atoms with Gasteiger partial charge in [0.05, 0.1) is 34.8 Å². The molecule has 1 aliphatic rings. The lowest BCUT2D eigenvalue weighted by atomic mass is 9.78.